The molecule has 0 aliphatic carbocycles. The van der Waals surface area contributed by atoms with E-state index in [9.17, 15) is 0 Å². The summed E-state index contributed by atoms with van der Waals surface area (Å²) >= 11 is 0. The second kappa shape index (κ2) is 13.2. The van der Waals surface area contributed by atoms with E-state index in [0.29, 0.717) is 5.92 Å². The van der Waals surface area contributed by atoms with Gasteiger partial charge in [0.25, 0.3) is 0 Å². The van der Waals surface area contributed by atoms with Gasteiger partial charge in [-0.1, -0.05) is 109 Å². The standard InChI is InChI=1S/C21H40/c1-7-8-9-10-11-12-13-14-15-16-19(4)21(6)20(5)17-18(2)3/h19,21H,2,5,7-17H2,1,3-4,6H3. The number of hydrogen-bond donors (Lipinski definition) is 0. The summed E-state index contributed by atoms with van der Waals surface area (Å²) in [6, 6.07) is 0. The molecule has 0 bridgehead atoms. The largest absolute Gasteiger partial charge is 0.0998 e. The van der Waals surface area contributed by atoms with Gasteiger partial charge in [0.15, 0.2) is 0 Å². The van der Waals surface area contributed by atoms with E-state index < -0.39 is 0 Å². The molecule has 0 aromatic rings. The Kier molecular flexibility index (Phi) is 12.8. The van der Waals surface area contributed by atoms with E-state index in [1.165, 1.54) is 75.4 Å². The molecule has 2 atom stereocenters. The molecule has 0 amide bonds. The number of unbranched alkanes of at least 4 members (excludes halogenated alkanes) is 8. The van der Waals surface area contributed by atoms with Gasteiger partial charge in [0.1, 0.15) is 0 Å². The van der Waals surface area contributed by atoms with Crippen LogP contribution in [0.15, 0.2) is 24.3 Å². The SMILES string of the molecule is C=C(C)CC(=C)C(C)C(C)CCCCCCCCCCC. The van der Waals surface area contributed by atoms with Crippen LogP contribution in [-0.4, -0.2) is 0 Å². The van der Waals surface area contributed by atoms with E-state index in [1.54, 1.807) is 0 Å². The minimum Gasteiger partial charge on any atom is -0.0998 e. The van der Waals surface area contributed by atoms with Gasteiger partial charge in [0, 0.05) is 0 Å². The second-order valence-corrected chi connectivity index (χ2v) is 7.18. The second-order valence-electron chi connectivity index (χ2n) is 7.18. The first-order valence-corrected chi connectivity index (χ1v) is 9.31. The Morgan fingerprint density at radius 1 is 0.810 bits per heavy atom. The van der Waals surface area contributed by atoms with Gasteiger partial charge in [0.2, 0.25) is 0 Å². The summed E-state index contributed by atoms with van der Waals surface area (Å²) in [4.78, 5) is 0. The molecule has 0 aliphatic rings. The molecule has 0 heteroatoms. The molecule has 0 aromatic carbocycles. The van der Waals surface area contributed by atoms with Crippen LogP contribution >= 0.6 is 0 Å². The van der Waals surface area contributed by atoms with E-state index in [2.05, 4.69) is 40.9 Å². The highest BCUT2D eigenvalue weighted by atomic mass is 14.2. The van der Waals surface area contributed by atoms with Gasteiger partial charge in [-0.15, -0.1) is 0 Å². The maximum Gasteiger partial charge on any atom is -0.0114 e. The zero-order chi connectivity index (χ0) is 16.1. The highest BCUT2D eigenvalue weighted by Gasteiger charge is 2.14. The lowest BCUT2D eigenvalue weighted by Crippen LogP contribution is -2.10. The molecule has 0 heterocycles. The molecule has 0 saturated carbocycles. The van der Waals surface area contributed by atoms with Crippen molar-refractivity contribution >= 4 is 0 Å². The summed E-state index contributed by atoms with van der Waals surface area (Å²) in [5.41, 5.74) is 2.60. The van der Waals surface area contributed by atoms with Crippen molar-refractivity contribution in [1.82, 2.24) is 0 Å². The minimum atomic E-state index is 0.635. The van der Waals surface area contributed by atoms with Crippen LogP contribution in [0.5, 0.6) is 0 Å². The van der Waals surface area contributed by atoms with E-state index in [1.807, 2.05) is 0 Å². The lowest BCUT2D eigenvalue weighted by molar-refractivity contribution is 0.386. The van der Waals surface area contributed by atoms with Crippen LogP contribution in [-0.2, 0) is 0 Å². The molecule has 124 valence electrons. The fourth-order valence-corrected chi connectivity index (χ4v) is 2.98. The Bertz CT molecular complexity index is 274. The predicted molar refractivity (Wildman–Crippen MR) is 98.7 cm³/mol. The Balaban J connectivity index is 3.54. The van der Waals surface area contributed by atoms with Gasteiger partial charge in [0.05, 0.1) is 0 Å². The monoisotopic (exact) mass is 292 g/mol. The lowest BCUT2D eigenvalue weighted by Gasteiger charge is -2.22. The molecule has 2 unspecified atom stereocenters. The fourth-order valence-electron chi connectivity index (χ4n) is 2.98. The average Bonchev–Trinajstić information content (AvgIpc) is 2.43. The summed E-state index contributed by atoms with van der Waals surface area (Å²) in [5, 5.41) is 0. The fraction of sp³-hybridized carbons (Fsp3) is 0.810. The summed E-state index contributed by atoms with van der Waals surface area (Å²) in [6.45, 7) is 17.4. The quantitative estimate of drug-likeness (QED) is 0.227. The highest BCUT2D eigenvalue weighted by molar-refractivity contribution is 5.10. The first-order valence-electron chi connectivity index (χ1n) is 9.31. The number of rotatable bonds is 14. The van der Waals surface area contributed by atoms with Crippen molar-refractivity contribution in [2.45, 2.75) is 98.3 Å². The van der Waals surface area contributed by atoms with Crippen LogP contribution in [0.1, 0.15) is 98.3 Å². The Morgan fingerprint density at radius 2 is 1.29 bits per heavy atom. The maximum atomic E-state index is 4.25. The Hall–Kier alpha value is -0.520. The molecule has 21 heavy (non-hydrogen) atoms. The van der Waals surface area contributed by atoms with Crippen LogP contribution in [0.25, 0.3) is 0 Å². The van der Waals surface area contributed by atoms with Crippen molar-refractivity contribution < 1.29 is 0 Å². The molecule has 0 aromatic heterocycles. The third kappa shape index (κ3) is 11.8. The van der Waals surface area contributed by atoms with Crippen molar-refractivity contribution in [3.8, 4) is 0 Å². The zero-order valence-electron chi connectivity index (χ0n) is 15.3. The molecule has 0 N–H and O–H groups in total. The third-order valence-corrected chi connectivity index (χ3v) is 4.79. The summed E-state index contributed by atoms with van der Waals surface area (Å²) in [5.74, 6) is 1.40. The van der Waals surface area contributed by atoms with E-state index in [4.69, 9.17) is 0 Å². The van der Waals surface area contributed by atoms with Gasteiger partial charge < -0.3 is 0 Å². The minimum absolute atomic E-state index is 0.635. The average molecular weight is 293 g/mol. The maximum absolute atomic E-state index is 4.25. The van der Waals surface area contributed by atoms with Gasteiger partial charge in [-0.3, -0.25) is 0 Å². The van der Waals surface area contributed by atoms with Crippen LogP contribution in [0, 0.1) is 11.8 Å². The topological polar surface area (TPSA) is 0 Å². The van der Waals surface area contributed by atoms with Crippen molar-refractivity contribution in [1.29, 1.82) is 0 Å². The van der Waals surface area contributed by atoms with Crippen LogP contribution in [0.2, 0.25) is 0 Å². The molecule has 0 aliphatic heterocycles. The molecule has 0 spiro atoms. The molecule has 0 rings (SSSR count). The summed E-state index contributed by atoms with van der Waals surface area (Å²) in [6.07, 6.45) is 15.1. The molecule has 0 fully saturated rings. The first-order chi connectivity index (χ1) is 9.99. The molecule has 0 saturated heterocycles. The lowest BCUT2D eigenvalue weighted by atomic mass is 9.83. The number of hydrogen-bond acceptors (Lipinski definition) is 0. The van der Waals surface area contributed by atoms with Crippen molar-refractivity contribution in [3.63, 3.8) is 0 Å². The molecule has 0 nitrogen and oxygen atoms in total. The zero-order valence-corrected chi connectivity index (χ0v) is 15.3. The summed E-state index contributed by atoms with van der Waals surface area (Å²) in [7, 11) is 0. The predicted octanol–water partition coefficient (Wildman–Crippen LogP) is 7.70. The smallest absolute Gasteiger partial charge is 0.0114 e. The van der Waals surface area contributed by atoms with Gasteiger partial charge >= 0.3 is 0 Å². The van der Waals surface area contributed by atoms with Gasteiger partial charge in [-0.2, -0.15) is 0 Å². The van der Waals surface area contributed by atoms with Crippen molar-refractivity contribution in [2.75, 3.05) is 0 Å². The normalized spacial score (nSPS) is 13.9. The van der Waals surface area contributed by atoms with Crippen molar-refractivity contribution in [2.24, 2.45) is 11.8 Å². The molecular weight excluding hydrogens is 252 g/mol. The summed E-state index contributed by atoms with van der Waals surface area (Å²) < 4.78 is 0. The van der Waals surface area contributed by atoms with Gasteiger partial charge in [-0.05, 0) is 25.2 Å². The van der Waals surface area contributed by atoms with Gasteiger partial charge in [-0.25, -0.2) is 0 Å². The highest BCUT2D eigenvalue weighted by Crippen LogP contribution is 2.27. The third-order valence-electron chi connectivity index (χ3n) is 4.79. The van der Waals surface area contributed by atoms with Crippen LogP contribution in [0.3, 0.4) is 0 Å². The molecular formula is C21H40. The van der Waals surface area contributed by atoms with E-state index >= 15 is 0 Å². The van der Waals surface area contributed by atoms with Crippen LogP contribution in [0.4, 0.5) is 0 Å². The van der Waals surface area contributed by atoms with Crippen molar-refractivity contribution in [3.05, 3.63) is 24.3 Å². The Morgan fingerprint density at radius 3 is 1.76 bits per heavy atom. The van der Waals surface area contributed by atoms with Crippen LogP contribution < -0.4 is 0 Å². The molecule has 0 radical (unpaired) electrons. The first kappa shape index (κ1) is 20.5. The van der Waals surface area contributed by atoms with E-state index in [-0.39, 0.29) is 0 Å². The number of allylic oxidation sites excluding steroid dienone is 2. The van der Waals surface area contributed by atoms with E-state index in [0.717, 1.165) is 12.3 Å². The Labute approximate surface area is 135 Å².